The summed E-state index contributed by atoms with van der Waals surface area (Å²) in [5.41, 5.74) is 4.31. The highest BCUT2D eigenvalue weighted by atomic mass is 15.6. The molecule has 0 saturated carbocycles. The Morgan fingerprint density at radius 2 is 1.75 bits per heavy atom. The predicted molar refractivity (Wildman–Crippen MR) is 35.3 cm³/mol. The first-order valence-corrected chi connectivity index (χ1v) is 3.06. The SMILES string of the molecule is CCC[N][N+](C)(C)C. The molecule has 0 unspecified atom stereocenters. The van der Waals surface area contributed by atoms with E-state index in [-0.39, 0.29) is 0 Å². The summed E-state index contributed by atoms with van der Waals surface area (Å²) >= 11 is 0. The van der Waals surface area contributed by atoms with E-state index in [1.165, 1.54) is 0 Å². The molecule has 2 heteroatoms. The summed E-state index contributed by atoms with van der Waals surface area (Å²) < 4.78 is 0.730. The topological polar surface area (TPSA) is 14.1 Å². The van der Waals surface area contributed by atoms with Crippen molar-refractivity contribution < 1.29 is 4.59 Å². The maximum absolute atomic E-state index is 4.31. The van der Waals surface area contributed by atoms with Crippen LogP contribution in [-0.2, 0) is 0 Å². The van der Waals surface area contributed by atoms with Gasteiger partial charge in [-0.3, -0.25) is 0 Å². The Hall–Kier alpha value is -0.0800. The molecule has 0 aliphatic rings. The zero-order valence-electron chi connectivity index (χ0n) is 6.31. The van der Waals surface area contributed by atoms with Gasteiger partial charge in [-0.15, -0.1) is 0 Å². The van der Waals surface area contributed by atoms with E-state index in [0.29, 0.717) is 0 Å². The van der Waals surface area contributed by atoms with Gasteiger partial charge in [0, 0.05) is 0 Å². The lowest BCUT2D eigenvalue weighted by molar-refractivity contribution is -0.919. The zero-order valence-corrected chi connectivity index (χ0v) is 6.31. The lowest BCUT2D eigenvalue weighted by Gasteiger charge is -2.19. The van der Waals surface area contributed by atoms with Crippen LogP contribution in [0.25, 0.3) is 0 Å². The Bertz CT molecular complexity index is 54.0. The minimum atomic E-state index is 0.730. The molecule has 0 N–H and O–H groups in total. The van der Waals surface area contributed by atoms with Crippen LogP contribution in [0.2, 0.25) is 0 Å². The molecular formula is C6H16N2+. The highest BCUT2D eigenvalue weighted by molar-refractivity contribution is 4.24. The van der Waals surface area contributed by atoms with Crippen LogP contribution in [0.15, 0.2) is 0 Å². The Labute approximate surface area is 52.1 Å². The molecule has 0 saturated heterocycles. The van der Waals surface area contributed by atoms with Crippen molar-refractivity contribution in [3.8, 4) is 0 Å². The summed E-state index contributed by atoms with van der Waals surface area (Å²) in [6.45, 7) is 3.11. The van der Waals surface area contributed by atoms with Gasteiger partial charge in [0.1, 0.15) is 0 Å². The van der Waals surface area contributed by atoms with Crippen LogP contribution >= 0.6 is 0 Å². The number of rotatable bonds is 3. The van der Waals surface area contributed by atoms with E-state index in [0.717, 1.165) is 17.6 Å². The van der Waals surface area contributed by atoms with Gasteiger partial charge in [-0.25, -0.2) is 4.59 Å². The van der Waals surface area contributed by atoms with Crippen molar-refractivity contribution in [3.63, 3.8) is 0 Å². The third kappa shape index (κ3) is 5.92. The van der Waals surface area contributed by atoms with Crippen LogP contribution in [0, 0.1) is 0 Å². The van der Waals surface area contributed by atoms with E-state index in [1.54, 1.807) is 0 Å². The molecule has 0 heterocycles. The van der Waals surface area contributed by atoms with E-state index in [4.69, 9.17) is 0 Å². The van der Waals surface area contributed by atoms with E-state index in [2.05, 4.69) is 33.5 Å². The van der Waals surface area contributed by atoms with E-state index >= 15 is 0 Å². The molecule has 0 aromatic carbocycles. The number of hydrogen-bond acceptors (Lipinski definition) is 0. The minimum absolute atomic E-state index is 0.730. The summed E-state index contributed by atoms with van der Waals surface area (Å²) in [4.78, 5) is 0. The van der Waals surface area contributed by atoms with E-state index < -0.39 is 0 Å². The first-order valence-electron chi connectivity index (χ1n) is 3.06. The summed E-state index contributed by atoms with van der Waals surface area (Å²) in [7, 11) is 6.20. The van der Waals surface area contributed by atoms with Crippen LogP contribution in [0.3, 0.4) is 0 Å². The third-order valence-corrected chi connectivity index (χ3v) is 0.748. The highest BCUT2D eigenvalue weighted by Crippen LogP contribution is 1.84. The second-order valence-electron chi connectivity index (χ2n) is 2.81. The molecule has 0 rings (SSSR count). The predicted octanol–water partition coefficient (Wildman–Crippen LogP) is 0.622. The lowest BCUT2D eigenvalue weighted by atomic mass is 10.5. The van der Waals surface area contributed by atoms with Crippen molar-refractivity contribution in [2.75, 3.05) is 27.7 Å². The van der Waals surface area contributed by atoms with Gasteiger partial charge in [0.2, 0.25) is 0 Å². The molecule has 0 amide bonds. The van der Waals surface area contributed by atoms with Gasteiger partial charge < -0.3 is 0 Å². The van der Waals surface area contributed by atoms with Crippen molar-refractivity contribution in [1.82, 2.24) is 5.43 Å². The molecule has 0 fully saturated rings. The molecule has 0 aliphatic heterocycles. The normalized spacial score (nSPS) is 12.0. The van der Waals surface area contributed by atoms with E-state index in [1.807, 2.05) is 0 Å². The van der Waals surface area contributed by atoms with Crippen LogP contribution < -0.4 is 5.43 Å². The summed E-state index contributed by atoms with van der Waals surface area (Å²) in [5, 5.41) is 0. The van der Waals surface area contributed by atoms with Crippen LogP contribution in [0.1, 0.15) is 13.3 Å². The van der Waals surface area contributed by atoms with Gasteiger partial charge in [0.25, 0.3) is 0 Å². The molecule has 0 atom stereocenters. The van der Waals surface area contributed by atoms with Gasteiger partial charge >= 0.3 is 0 Å². The Balaban J connectivity index is 3.11. The van der Waals surface area contributed by atoms with Gasteiger partial charge in [-0.1, -0.05) is 6.92 Å². The number of hydrogen-bond donors (Lipinski definition) is 0. The monoisotopic (exact) mass is 116 g/mol. The molecule has 1 radical (unpaired) electrons. The molecular weight excluding hydrogens is 100 g/mol. The van der Waals surface area contributed by atoms with Gasteiger partial charge in [0.05, 0.1) is 27.7 Å². The van der Waals surface area contributed by atoms with Crippen LogP contribution in [-0.4, -0.2) is 32.3 Å². The van der Waals surface area contributed by atoms with Crippen LogP contribution in [0.4, 0.5) is 0 Å². The lowest BCUT2D eigenvalue weighted by Crippen LogP contribution is -2.42. The smallest absolute Gasteiger partial charge is 0.0869 e. The Morgan fingerprint density at radius 1 is 1.25 bits per heavy atom. The first-order chi connectivity index (χ1) is 3.56. The maximum Gasteiger partial charge on any atom is 0.0869 e. The van der Waals surface area contributed by atoms with Gasteiger partial charge in [-0.05, 0) is 11.8 Å². The molecule has 0 spiro atoms. The zero-order chi connectivity index (χ0) is 6.62. The first kappa shape index (κ1) is 7.92. The molecule has 2 nitrogen and oxygen atoms in total. The second-order valence-corrected chi connectivity index (χ2v) is 2.81. The molecule has 0 bridgehead atoms. The quantitative estimate of drug-likeness (QED) is 0.379. The molecule has 0 aromatic heterocycles. The minimum Gasteiger partial charge on any atom is -0.232 e. The van der Waals surface area contributed by atoms with E-state index in [9.17, 15) is 0 Å². The average molecular weight is 116 g/mol. The second kappa shape index (κ2) is 3.05. The number of quaternary nitrogens is 1. The summed E-state index contributed by atoms with van der Waals surface area (Å²) in [5.74, 6) is 0. The summed E-state index contributed by atoms with van der Waals surface area (Å²) in [6, 6.07) is 0. The maximum atomic E-state index is 4.31. The van der Waals surface area contributed by atoms with Crippen molar-refractivity contribution in [2.45, 2.75) is 13.3 Å². The average Bonchev–Trinajstić information content (AvgIpc) is 1.59. The molecule has 8 heavy (non-hydrogen) atoms. The number of nitrogens with zero attached hydrogens (tertiary/aromatic N) is 2. The molecule has 49 valence electrons. The fourth-order valence-electron chi connectivity index (χ4n) is 0.400. The third-order valence-electron chi connectivity index (χ3n) is 0.748. The molecule has 0 aromatic rings. The van der Waals surface area contributed by atoms with Crippen molar-refractivity contribution in [3.05, 3.63) is 0 Å². The van der Waals surface area contributed by atoms with Gasteiger partial charge in [0.15, 0.2) is 0 Å². The Kier molecular flexibility index (Phi) is 3.02. The van der Waals surface area contributed by atoms with Crippen molar-refractivity contribution >= 4 is 0 Å². The van der Waals surface area contributed by atoms with Crippen LogP contribution in [0.5, 0.6) is 0 Å². The fourth-order valence-corrected chi connectivity index (χ4v) is 0.400. The van der Waals surface area contributed by atoms with Gasteiger partial charge in [-0.2, -0.15) is 0 Å². The summed E-state index contributed by atoms with van der Waals surface area (Å²) in [6.07, 6.45) is 1.15. The van der Waals surface area contributed by atoms with Crippen molar-refractivity contribution in [1.29, 1.82) is 0 Å². The highest BCUT2D eigenvalue weighted by Gasteiger charge is 2.05. The fraction of sp³-hybridized carbons (Fsp3) is 1.00. The Morgan fingerprint density at radius 3 is 1.88 bits per heavy atom. The largest absolute Gasteiger partial charge is 0.232 e. The standard InChI is InChI=1S/C6H16N2/c1-5-6-7-8(2,3)4/h5-6H2,1-4H3/q+1. The molecule has 0 aliphatic carbocycles. The van der Waals surface area contributed by atoms with Crippen molar-refractivity contribution in [2.24, 2.45) is 0 Å².